The number of halogens is 1. The molecule has 0 bridgehead atoms. The van der Waals surface area contributed by atoms with Gasteiger partial charge in [0, 0.05) is 32.1 Å². The number of fused-ring (bicyclic) bond motifs is 1. The van der Waals surface area contributed by atoms with E-state index in [4.69, 9.17) is 27.8 Å². The van der Waals surface area contributed by atoms with E-state index < -0.39 is 12.1 Å². The molecule has 0 radical (unpaired) electrons. The summed E-state index contributed by atoms with van der Waals surface area (Å²) < 4.78 is 5.59. The van der Waals surface area contributed by atoms with Crippen LogP contribution in [0.2, 0.25) is 5.02 Å². The van der Waals surface area contributed by atoms with Crippen molar-refractivity contribution in [2.24, 2.45) is 11.5 Å². The molecule has 2 aromatic rings. The Labute approximate surface area is 209 Å². The van der Waals surface area contributed by atoms with Gasteiger partial charge in [-0.3, -0.25) is 9.59 Å². The van der Waals surface area contributed by atoms with Crippen molar-refractivity contribution >= 4 is 23.4 Å². The van der Waals surface area contributed by atoms with Crippen molar-refractivity contribution < 1.29 is 14.3 Å². The summed E-state index contributed by atoms with van der Waals surface area (Å²) in [4.78, 5) is 27.1. The molecule has 9 nitrogen and oxygen atoms in total. The Morgan fingerprint density at radius 3 is 2.74 bits per heavy atom. The minimum absolute atomic E-state index is 0.209. The molecular formula is C25H31ClN6O3. The van der Waals surface area contributed by atoms with Gasteiger partial charge in [-0.05, 0) is 36.1 Å². The van der Waals surface area contributed by atoms with Gasteiger partial charge in [-0.2, -0.15) is 0 Å². The highest BCUT2D eigenvalue weighted by molar-refractivity contribution is 6.32. The first-order valence-corrected chi connectivity index (χ1v) is 12.1. The average Bonchev–Trinajstić information content (AvgIpc) is 3.44. The number of benzene rings is 2. The summed E-state index contributed by atoms with van der Waals surface area (Å²) in [5, 5.41) is 9.65. The zero-order valence-electron chi connectivity index (χ0n) is 19.6. The van der Waals surface area contributed by atoms with Gasteiger partial charge in [0.25, 0.3) is 11.8 Å². The molecule has 4 rings (SSSR count). The average molecular weight is 499 g/mol. The van der Waals surface area contributed by atoms with Gasteiger partial charge in [0.2, 0.25) is 0 Å². The van der Waals surface area contributed by atoms with Crippen molar-refractivity contribution in [1.29, 1.82) is 0 Å². The third-order valence-corrected chi connectivity index (χ3v) is 6.25. The summed E-state index contributed by atoms with van der Waals surface area (Å²) in [6.45, 7) is 3.48. The molecule has 0 aliphatic carbocycles. The van der Waals surface area contributed by atoms with Gasteiger partial charge >= 0.3 is 0 Å². The summed E-state index contributed by atoms with van der Waals surface area (Å²) in [6.07, 6.45) is 0.505. The number of carbonyl (C=O) groups excluding carboxylic acids is 2. The molecule has 0 saturated heterocycles. The van der Waals surface area contributed by atoms with Gasteiger partial charge in [0.1, 0.15) is 17.3 Å². The van der Waals surface area contributed by atoms with Crippen molar-refractivity contribution in [3.05, 3.63) is 75.7 Å². The van der Waals surface area contributed by atoms with Crippen LogP contribution < -0.4 is 32.2 Å². The first kappa shape index (κ1) is 24.7. The van der Waals surface area contributed by atoms with Gasteiger partial charge in [-0.15, -0.1) is 0 Å². The lowest BCUT2D eigenvalue weighted by atomic mass is 10.1. The molecule has 0 fully saturated rings. The van der Waals surface area contributed by atoms with Crippen molar-refractivity contribution in [3.63, 3.8) is 0 Å². The summed E-state index contributed by atoms with van der Waals surface area (Å²) in [5.41, 5.74) is 15.3. The number of nitrogens with one attached hydrogen (secondary N) is 3. The van der Waals surface area contributed by atoms with E-state index in [0.29, 0.717) is 48.4 Å². The summed E-state index contributed by atoms with van der Waals surface area (Å²) in [6, 6.07) is 13.5. The van der Waals surface area contributed by atoms with E-state index in [0.717, 1.165) is 23.1 Å². The van der Waals surface area contributed by atoms with Gasteiger partial charge in [0.05, 0.1) is 11.6 Å². The number of nitrogens with two attached hydrogens (primary N) is 2. The number of carbonyl (C=O) groups is 2. The number of hydrogen-bond donors (Lipinski definition) is 5. The minimum atomic E-state index is -0.913. The van der Waals surface area contributed by atoms with Crippen molar-refractivity contribution in [1.82, 2.24) is 20.9 Å². The molecule has 10 heteroatoms. The maximum atomic E-state index is 13.1. The summed E-state index contributed by atoms with van der Waals surface area (Å²) in [7, 11) is 0. The zero-order valence-corrected chi connectivity index (χ0v) is 20.4. The smallest absolute Gasteiger partial charge is 0.271 e. The summed E-state index contributed by atoms with van der Waals surface area (Å²) >= 11 is 6.42. The van der Waals surface area contributed by atoms with Gasteiger partial charge < -0.3 is 37.1 Å². The van der Waals surface area contributed by atoms with Gasteiger partial charge in [-0.25, -0.2) is 0 Å². The van der Waals surface area contributed by atoms with Crippen LogP contribution in [0.4, 0.5) is 0 Å². The highest BCUT2D eigenvalue weighted by Gasteiger charge is 2.38. The van der Waals surface area contributed by atoms with E-state index in [-0.39, 0.29) is 18.5 Å². The molecular weight excluding hydrogens is 468 g/mol. The predicted octanol–water partition coefficient (Wildman–Crippen LogP) is 0.956. The molecule has 2 heterocycles. The highest BCUT2D eigenvalue weighted by Crippen LogP contribution is 2.35. The predicted molar refractivity (Wildman–Crippen MR) is 134 cm³/mol. The van der Waals surface area contributed by atoms with Crippen molar-refractivity contribution in [3.8, 4) is 5.75 Å². The van der Waals surface area contributed by atoms with Gasteiger partial charge in [-0.1, -0.05) is 48.0 Å². The van der Waals surface area contributed by atoms with Crippen molar-refractivity contribution in [2.45, 2.75) is 38.5 Å². The quantitative estimate of drug-likeness (QED) is 0.329. The Kier molecular flexibility index (Phi) is 7.67. The van der Waals surface area contributed by atoms with Crippen LogP contribution in [0.25, 0.3) is 0 Å². The van der Waals surface area contributed by atoms with Crippen LogP contribution in [-0.2, 0) is 29.0 Å². The number of likely N-dealkylation sites (N-methyl/N-ethyl adjacent to an activating group) is 1. The lowest BCUT2D eigenvalue weighted by molar-refractivity contribution is -0.124. The molecule has 2 aromatic carbocycles. The first-order chi connectivity index (χ1) is 16.9. The molecule has 0 spiro atoms. The third-order valence-electron chi connectivity index (χ3n) is 5.97. The van der Waals surface area contributed by atoms with E-state index >= 15 is 0 Å². The second-order valence-electron chi connectivity index (χ2n) is 8.66. The second kappa shape index (κ2) is 10.9. The zero-order chi connectivity index (χ0) is 24.9. The number of ether oxygens (including phenoxy) is 1. The Bertz CT molecular complexity index is 1120. The number of hydrogen-bond acceptors (Lipinski definition) is 7. The molecule has 0 saturated carbocycles. The second-order valence-corrected chi connectivity index (χ2v) is 9.06. The van der Waals surface area contributed by atoms with Crippen LogP contribution in [0.3, 0.4) is 0 Å². The topological polar surface area (TPSA) is 135 Å². The number of rotatable bonds is 10. The standard InChI is InChI=1S/C25H31ClN6O3/c1-2-29-25(34)20-23(30-13-18(27)11-15-6-4-3-5-7-15)31-24(22(28)33)32(20)14-16-10-17-8-9-35-21(17)19(26)12-16/h3-7,10,12,18,24,30-31H,2,8-9,11,13-14,27H2,1H3,(H2,28,33)(H,29,34)/t18-,24?/m1/s1. The van der Waals surface area contributed by atoms with E-state index in [1.165, 1.54) is 0 Å². The Hall–Kier alpha value is -3.43. The molecule has 2 aliphatic rings. The van der Waals surface area contributed by atoms with Crippen LogP contribution in [0.5, 0.6) is 5.75 Å². The molecule has 2 aliphatic heterocycles. The van der Waals surface area contributed by atoms with Crippen molar-refractivity contribution in [2.75, 3.05) is 19.7 Å². The fraction of sp³-hybridized carbons (Fsp3) is 0.360. The Morgan fingerprint density at radius 2 is 2.03 bits per heavy atom. The Morgan fingerprint density at radius 1 is 1.26 bits per heavy atom. The maximum absolute atomic E-state index is 13.1. The van der Waals surface area contributed by atoms with E-state index in [2.05, 4.69) is 16.0 Å². The van der Waals surface area contributed by atoms with Gasteiger partial charge in [0.15, 0.2) is 6.17 Å². The van der Waals surface area contributed by atoms with Crippen LogP contribution in [0.1, 0.15) is 23.6 Å². The number of nitrogens with zero attached hydrogens (tertiary/aromatic N) is 1. The van der Waals surface area contributed by atoms with Crippen LogP contribution in [-0.4, -0.2) is 48.6 Å². The molecule has 7 N–H and O–H groups in total. The molecule has 35 heavy (non-hydrogen) atoms. The van der Waals surface area contributed by atoms with Crippen LogP contribution in [0, 0.1) is 0 Å². The molecule has 2 amide bonds. The fourth-order valence-electron chi connectivity index (χ4n) is 4.41. The molecule has 0 aromatic heterocycles. The molecule has 2 atom stereocenters. The van der Waals surface area contributed by atoms with E-state index in [1.54, 1.807) is 11.0 Å². The largest absolute Gasteiger partial charge is 0.491 e. The monoisotopic (exact) mass is 498 g/mol. The lowest BCUT2D eigenvalue weighted by Crippen LogP contribution is -2.49. The summed E-state index contributed by atoms with van der Waals surface area (Å²) in [5.74, 6) is 0.181. The highest BCUT2D eigenvalue weighted by atomic mass is 35.5. The van der Waals surface area contributed by atoms with Crippen LogP contribution in [0.15, 0.2) is 54.0 Å². The normalized spacial score (nSPS) is 17.5. The Balaban J connectivity index is 1.58. The maximum Gasteiger partial charge on any atom is 0.271 e. The first-order valence-electron chi connectivity index (χ1n) is 11.7. The molecule has 1 unspecified atom stereocenters. The van der Waals surface area contributed by atoms with E-state index in [1.807, 2.05) is 43.3 Å². The third kappa shape index (κ3) is 5.63. The number of primary amides is 1. The van der Waals surface area contributed by atoms with E-state index in [9.17, 15) is 9.59 Å². The fourth-order valence-corrected chi connectivity index (χ4v) is 4.72. The minimum Gasteiger partial charge on any atom is -0.491 e. The van der Waals surface area contributed by atoms with Crippen LogP contribution >= 0.6 is 11.6 Å². The lowest BCUT2D eigenvalue weighted by Gasteiger charge is -2.26. The SMILES string of the molecule is CCNC(=O)C1=C(NC[C@H](N)Cc2ccccc2)NC(C(N)=O)N1Cc1cc(Cl)c2c(c1)CCO2. The number of amides is 2. The molecule has 186 valence electrons.